The minimum Gasteiger partial charge on any atom is -0.298 e. The van der Waals surface area contributed by atoms with Gasteiger partial charge in [0, 0.05) is 5.56 Å². The van der Waals surface area contributed by atoms with Crippen molar-refractivity contribution < 1.29 is 9.59 Å². The molecule has 2 heteroatoms. The number of Topliss-reactive ketones (excluding diaryl/α,β-unsaturated/α-hetero) is 2. The topological polar surface area (TPSA) is 34.1 Å². The summed E-state index contributed by atoms with van der Waals surface area (Å²) in [5, 5.41) is 0. The Morgan fingerprint density at radius 3 is 2.67 bits per heavy atom. The minimum absolute atomic E-state index is 0.0248. The van der Waals surface area contributed by atoms with E-state index in [9.17, 15) is 9.59 Å². The highest BCUT2D eigenvalue weighted by Gasteiger charge is 2.21. The summed E-state index contributed by atoms with van der Waals surface area (Å²) >= 11 is 0. The van der Waals surface area contributed by atoms with Crippen molar-refractivity contribution in [2.24, 2.45) is 0 Å². The van der Waals surface area contributed by atoms with E-state index in [1.54, 1.807) is 18.2 Å². The van der Waals surface area contributed by atoms with Crippen molar-refractivity contribution in [1.82, 2.24) is 0 Å². The minimum atomic E-state index is -0.0984. The van der Waals surface area contributed by atoms with Crippen molar-refractivity contribution in [3.63, 3.8) is 0 Å². The van der Waals surface area contributed by atoms with Crippen LogP contribution in [0.25, 0.3) is 0 Å². The second-order valence-corrected chi connectivity index (χ2v) is 2.80. The summed E-state index contributed by atoms with van der Waals surface area (Å²) in [4.78, 5) is 22.2. The summed E-state index contributed by atoms with van der Waals surface area (Å²) in [5.74, 6) is -0.170. The molecule has 2 nitrogen and oxygen atoms in total. The van der Waals surface area contributed by atoms with Crippen molar-refractivity contribution in [2.75, 3.05) is 0 Å². The van der Waals surface area contributed by atoms with E-state index in [-0.39, 0.29) is 18.0 Å². The van der Waals surface area contributed by atoms with Gasteiger partial charge in [-0.3, -0.25) is 9.59 Å². The Hall–Kier alpha value is -1.44. The molecule has 0 aromatic heterocycles. The van der Waals surface area contributed by atoms with Gasteiger partial charge in [0.2, 0.25) is 0 Å². The molecule has 0 unspecified atom stereocenters. The Bertz CT molecular complexity index is 353. The van der Waals surface area contributed by atoms with E-state index in [4.69, 9.17) is 0 Å². The zero-order valence-corrected chi connectivity index (χ0v) is 6.41. The van der Waals surface area contributed by atoms with Crippen LogP contribution in [-0.4, -0.2) is 11.6 Å². The van der Waals surface area contributed by atoms with E-state index in [1.165, 1.54) is 6.42 Å². The first-order chi connectivity index (χ1) is 5.77. The van der Waals surface area contributed by atoms with Gasteiger partial charge in [0.25, 0.3) is 0 Å². The first kappa shape index (κ1) is 7.22. The lowest BCUT2D eigenvalue weighted by molar-refractivity contribution is -0.115. The predicted octanol–water partition coefficient (Wildman–Crippen LogP) is 1.39. The molecule has 0 saturated carbocycles. The Kier molecular flexibility index (Phi) is 1.54. The molecule has 1 aliphatic carbocycles. The van der Waals surface area contributed by atoms with E-state index in [0.717, 1.165) is 5.56 Å². The third-order valence-corrected chi connectivity index (χ3v) is 1.91. The first-order valence-electron chi connectivity index (χ1n) is 3.77. The van der Waals surface area contributed by atoms with Crippen LogP contribution >= 0.6 is 0 Å². The molecule has 0 aliphatic heterocycles. The van der Waals surface area contributed by atoms with E-state index in [2.05, 4.69) is 0 Å². The zero-order valence-electron chi connectivity index (χ0n) is 6.41. The van der Waals surface area contributed by atoms with Crippen LogP contribution in [0.2, 0.25) is 0 Å². The number of rotatable bonds is 0. The summed E-state index contributed by atoms with van der Waals surface area (Å²) in [7, 11) is 0. The molecule has 1 aliphatic rings. The number of hydrogen-bond donors (Lipinski definition) is 0. The number of carbonyl (C=O) groups excluding carboxylic acids is 2. The van der Waals surface area contributed by atoms with Gasteiger partial charge >= 0.3 is 0 Å². The molecular formula is C10H7O2. The van der Waals surface area contributed by atoms with Crippen molar-refractivity contribution in [1.29, 1.82) is 0 Å². The quantitative estimate of drug-likeness (QED) is 0.536. The zero-order chi connectivity index (χ0) is 8.55. The summed E-state index contributed by atoms with van der Waals surface area (Å²) in [5.41, 5.74) is 1.41. The normalized spacial score (nSPS) is 16.0. The maximum absolute atomic E-state index is 11.3. The van der Waals surface area contributed by atoms with Crippen LogP contribution in [0.3, 0.4) is 0 Å². The van der Waals surface area contributed by atoms with Gasteiger partial charge in [-0.05, 0) is 5.56 Å². The van der Waals surface area contributed by atoms with Crippen LogP contribution in [0.4, 0.5) is 0 Å². The van der Waals surface area contributed by atoms with Gasteiger partial charge in [-0.25, -0.2) is 0 Å². The van der Waals surface area contributed by atoms with Crippen molar-refractivity contribution in [3.05, 3.63) is 41.8 Å². The molecule has 0 bridgehead atoms. The fourth-order valence-electron chi connectivity index (χ4n) is 1.35. The van der Waals surface area contributed by atoms with Crippen LogP contribution in [0.5, 0.6) is 0 Å². The highest BCUT2D eigenvalue weighted by Crippen LogP contribution is 2.19. The van der Waals surface area contributed by atoms with Crippen LogP contribution < -0.4 is 0 Å². The molecule has 2 rings (SSSR count). The third kappa shape index (κ3) is 1.05. The van der Waals surface area contributed by atoms with Crippen molar-refractivity contribution in [3.8, 4) is 0 Å². The van der Waals surface area contributed by atoms with Crippen LogP contribution in [0.1, 0.15) is 22.3 Å². The average Bonchev–Trinajstić information content (AvgIpc) is 2.04. The van der Waals surface area contributed by atoms with E-state index in [1.807, 2.05) is 6.07 Å². The van der Waals surface area contributed by atoms with Gasteiger partial charge in [0.1, 0.15) is 5.78 Å². The van der Waals surface area contributed by atoms with Gasteiger partial charge in [0.05, 0.1) is 12.8 Å². The van der Waals surface area contributed by atoms with Gasteiger partial charge in [0.15, 0.2) is 5.78 Å². The number of carbonyl (C=O) groups is 2. The molecular weight excluding hydrogens is 152 g/mol. The van der Waals surface area contributed by atoms with Gasteiger partial charge < -0.3 is 0 Å². The molecule has 0 saturated heterocycles. The van der Waals surface area contributed by atoms with Crippen molar-refractivity contribution in [2.45, 2.75) is 6.42 Å². The number of fused-ring (bicyclic) bond motifs is 1. The smallest absolute Gasteiger partial charge is 0.170 e. The summed E-state index contributed by atoms with van der Waals surface area (Å²) in [6, 6.07) is 7.16. The Morgan fingerprint density at radius 2 is 1.83 bits per heavy atom. The average molecular weight is 159 g/mol. The molecule has 0 amide bonds. The first-order valence-corrected chi connectivity index (χ1v) is 3.77. The molecule has 0 fully saturated rings. The molecule has 1 aromatic carbocycles. The summed E-state index contributed by atoms with van der Waals surface area (Å²) < 4.78 is 0. The molecule has 0 N–H and O–H groups in total. The Balaban J connectivity index is 2.54. The molecule has 0 spiro atoms. The standard InChI is InChI=1S/C10H7O2/c11-8-5-7-3-1-2-4-9(7)10(12)6-8/h1-5H,6H2. The van der Waals surface area contributed by atoms with E-state index >= 15 is 0 Å². The molecule has 1 radical (unpaired) electrons. The lowest BCUT2D eigenvalue weighted by atomic mass is 9.90. The molecule has 59 valence electrons. The molecule has 0 heterocycles. The predicted molar refractivity (Wildman–Crippen MR) is 43.8 cm³/mol. The monoisotopic (exact) mass is 159 g/mol. The number of benzene rings is 1. The summed E-state index contributed by atoms with van der Waals surface area (Å²) in [6.07, 6.45) is 1.55. The Morgan fingerprint density at radius 1 is 1.08 bits per heavy atom. The van der Waals surface area contributed by atoms with Crippen LogP contribution in [0, 0.1) is 6.42 Å². The number of hydrogen-bond acceptors (Lipinski definition) is 2. The van der Waals surface area contributed by atoms with Crippen LogP contribution in [0.15, 0.2) is 24.3 Å². The second-order valence-electron chi connectivity index (χ2n) is 2.80. The number of ketones is 2. The second kappa shape index (κ2) is 2.55. The van der Waals surface area contributed by atoms with Crippen molar-refractivity contribution >= 4 is 11.6 Å². The maximum Gasteiger partial charge on any atom is 0.170 e. The van der Waals surface area contributed by atoms with Gasteiger partial charge in [-0.2, -0.15) is 0 Å². The Labute approximate surface area is 70.2 Å². The molecule has 12 heavy (non-hydrogen) atoms. The largest absolute Gasteiger partial charge is 0.298 e. The fraction of sp³-hybridized carbons (Fsp3) is 0.100. The fourth-order valence-corrected chi connectivity index (χ4v) is 1.35. The van der Waals surface area contributed by atoms with E-state index in [0.29, 0.717) is 5.56 Å². The lowest BCUT2D eigenvalue weighted by Gasteiger charge is -2.11. The van der Waals surface area contributed by atoms with E-state index < -0.39 is 0 Å². The third-order valence-electron chi connectivity index (χ3n) is 1.91. The molecule has 0 atom stereocenters. The van der Waals surface area contributed by atoms with Gasteiger partial charge in [-0.15, -0.1) is 0 Å². The maximum atomic E-state index is 11.3. The lowest BCUT2D eigenvalue weighted by Crippen LogP contribution is -2.17. The molecule has 1 aromatic rings. The van der Waals surface area contributed by atoms with Gasteiger partial charge in [-0.1, -0.05) is 24.3 Å². The highest BCUT2D eigenvalue weighted by molar-refractivity contribution is 6.16. The van der Waals surface area contributed by atoms with Crippen LogP contribution in [-0.2, 0) is 4.79 Å². The highest BCUT2D eigenvalue weighted by atomic mass is 16.1. The SMILES string of the molecule is O=C1[CH]c2ccccc2C(=O)C1. The summed E-state index contributed by atoms with van der Waals surface area (Å²) in [6.45, 7) is 0.